The molecule has 1 aliphatic carbocycles. The summed E-state index contributed by atoms with van der Waals surface area (Å²) in [7, 11) is 1.97. The molecule has 1 fully saturated rings. The Kier molecular flexibility index (Phi) is 10.4. The summed E-state index contributed by atoms with van der Waals surface area (Å²) in [6.45, 7) is 18.0. The zero-order valence-electron chi connectivity index (χ0n) is 30.0. The zero-order chi connectivity index (χ0) is 37.5. The summed E-state index contributed by atoms with van der Waals surface area (Å²) in [6, 6.07) is 8.04. The molecule has 3 aliphatic heterocycles. The first kappa shape index (κ1) is 38.8. The van der Waals surface area contributed by atoms with Crippen molar-refractivity contribution in [3.8, 4) is 11.5 Å². The van der Waals surface area contributed by atoms with Gasteiger partial charge in [-0.25, -0.2) is 13.0 Å². The average molecular weight is 818 g/mol. The number of fused-ring (bicyclic) bond motifs is 4. The van der Waals surface area contributed by atoms with Crippen molar-refractivity contribution in [1.29, 1.82) is 0 Å². The van der Waals surface area contributed by atoms with Gasteiger partial charge in [-0.05, 0) is 76.5 Å². The van der Waals surface area contributed by atoms with Crippen molar-refractivity contribution >= 4 is 94.5 Å². The summed E-state index contributed by atoms with van der Waals surface area (Å²) < 4.78 is 39.8. The van der Waals surface area contributed by atoms with E-state index in [-0.39, 0.29) is 17.9 Å². The van der Waals surface area contributed by atoms with Gasteiger partial charge in [0.15, 0.2) is 5.54 Å². The number of hydrogen-bond acceptors (Lipinski definition) is 6. The number of ether oxygens (including phenoxy) is 2. The van der Waals surface area contributed by atoms with Crippen molar-refractivity contribution < 1.29 is 22.7 Å². The number of esters is 1. The Balaban J connectivity index is 1.77. The lowest BCUT2D eigenvalue weighted by molar-refractivity contribution is -0.149. The van der Waals surface area contributed by atoms with Crippen molar-refractivity contribution in [2.75, 3.05) is 30.3 Å². The van der Waals surface area contributed by atoms with Crippen LogP contribution < -0.4 is 24.8 Å². The van der Waals surface area contributed by atoms with Gasteiger partial charge in [0.2, 0.25) is 14.4 Å². The Morgan fingerprint density at radius 1 is 0.902 bits per heavy atom. The van der Waals surface area contributed by atoms with E-state index in [1.54, 1.807) is 6.92 Å². The minimum Gasteiger partial charge on any atom is -0.466 e. The number of nitrogens with zero attached hydrogens (tertiary/aromatic N) is 2. The molecule has 2 aromatic carbocycles. The van der Waals surface area contributed by atoms with E-state index < -0.39 is 53.9 Å². The van der Waals surface area contributed by atoms with Crippen LogP contribution in [0.5, 0.6) is 11.5 Å². The maximum absolute atomic E-state index is 13.9. The van der Waals surface area contributed by atoms with Gasteiger partial charge in [-0.15, -0.1) is 46.4 Å². The SMILES string of the molecule is CCOC(=O)C1C(Cl)C(Cl)C(Cl)C(Cl)C1C1=c2cc3c(cc2Oc2cc4c(cc21)C(C)=CC(C)(C)N4CC)=[N+](CC)C(C)(C)C=C3CS(=O)(=O)Cl. The van der Waals surface area contributed by atoms with Crippen LogP contribution in [0, 0.1) is 11.8 Å². The first-order valence-electron chi connectivity index (χ1n) is 17.3. The second kappa shape index (κ2) is 13.7. The van der Waals surface area contributed by atoms with Crippen LogP contribution in [0.3, 0.4) is 0 Å². The number of likely N-dealkylation sites (N-methyl/N-ethyl adjacent to an activating group) is 2. The second-order valence-electron chi connectivity index (χ2n) is 14.8. The molecule has 0 amide bonds. The lowest BCUT2D eigenvalue weighted by atomic mass is 9.70. The number of hydrogen-bond donors (Lipinski definition) is 0. The maximum atomic E-state index is 13.9. The standard InChI is InChI=1S/C38H44Cl5N2O5S/c1-9-44-25-14-27-23(12-21(25)19(4)16-37(44,5)6)29(30-31(36(46)49-11-3)33(40)35(42)34(41)32(30)39)24-13-22-20(18-51(43,47)48)17-38(7,8)45(10-2)26(22)15-28(24)50-27/h12-17,30-35H,9-11,18H2,1-8H3/q+1. The quantitative estimate of drug-likeness (QED) is 0.125. The summed E-state index contributed by atoms with van der Waals surface area (Å²) in [6.07, 6.45) is 4.19. The molecule has 7 nitrogen and oxygen atoms in total. The number of alkyl halides is 4. The summed E-state index contributed by atoms with van der Waals surface area (Å²) >= 11 is 28.1. The van der Waals surface area contributed by atoms with Gasteiger partial charge in [-0.3, -0.25) is 4.79 Å². The van der Waals surface area contributed by atoms with Crippen molar-refractivity contribution in [2.45, 2.75) is 88.0 Å². The van der Waals surface area contributed by atoms with Crippen LogP contribution in [0.15, 0.2) is 36.4 Å². The van der Waals surface area contributed by atoms with Crippen molar-refractivity contribution in [2.24, 2.45) is 11.8 Å². The largest absolute Gasteiger partial charge is 0.466 e. The van der Waals surface area contributed by atoms with Gasteiger partial charge in [0, 0.05) is 65.1 Å². The van der Waals surface area contributed by atoms with E-state index in [0.29, 0.717) is 40.0 Å². The molecule has 6 unspecified atom stereocenters. The van der Waals surface area contributed by atoms with Crippen LogP contribution in [0.25, 0.3) is 16.7 Å². The number of halogens is 5. The minimum atomic E-state index is -3.93. The number of carbonyl (C=O) groups excluding carboxylic acids is 1. The Bertz CT molecular complexity index is 2110. The third-order valence-electron chi connectivity index (χ3n) is 10.7. The van der Waals surface area contributed by atoms with Crippen LogP contribution in [-0.4, -0.2) is 72.4 Å². The second-order valence-corrected chi connectivity index (χ2v) is 19.6. The zero-order valence-corrected chi connectivity index (χ0v) is 34.6. The van der Waals surface area contributed by atoms with Gasteiger partial charge in [0.25, 0.3) is 0 Å². The van der Waals surface area contributed by atoms with Gasteiger partial charge in [-0.1, -0.05) is 6.08 Å². The summed E-state index contributed by atoms with van der Waals surface area (Å²) in [5.41, 5.74) is 5.04. The number of carbonyl (C=O) groups is 1. The summed E-state index contributed by atoms with van der Waals surface area (Å²) in [5, 5.41) is -1.92. The van der Waals surface area contributed by atoms with E-state index in [4.69, 9.17) is 66.6 Å². The molecule has 0 N–H and O–H groups in total. The van der Waals surface area contributed by atoms with Crippen molar-refractivity contribution in [3.05, 3.63) is 63.7 Å². The molecule has 276 valence electrons. The number of allylic oxidation sites excluding steroid dienone is 1. The smallest absolute Gasteiger partial charge is 0.311 e. The summed E-state index contributed by atoms with van der Waals surface area (Å²) in [4.78, 5) is 16.2. The molecule has 0 spiro atoms. The molecule has 2 aromatic rings. The first-order chi connectivity index (χ1) is 23.8. The highest BCUT2D eigenvalue weighted by Crippen LogP contribution is 2.52. The monoisotopic (exact) mass is 815 g/mol. The number of rotatable bonds is 7. The van der Waals surface area contributed by atoms with Crippen LogP contribution >= 0.6 is 57.1 Å². The van der Waals surface area contributed by atoms with E-state index in [0.717, 1.165) is 34.3 Å². The Labute approximate surface area is 325 Å². The molecule has 13 heteroatoms. The van der Waals surface area contributed by atoms with E-state index in [9.17, 15) is 13.2 Å². The molecule has 0 radical (unpaired) electrons. The Hall–Kier alpha value is -1.94. The molecule has 0 aromatic heterocycles. The maximum Gasteiger partial charge on any atom is 0.311 e. The molecular weight excluding hydrogens is 774 g/mol. The lowest BCUT2D eigenvalue weighted by Crippen LogP contribution is -2.54. The highest BCUT2D eigenvalue weighted by Gasteiger charge is 2.54. The third-order valence-corrected chi connectivity index (χ3v) is 14.2. The van der Waals surface area contributed by atoms with E-state index in [1.165, 1.54) is 0 Å². The molecule has 0 bridgehead atoms. The molecule has 51 heavy (non-hydrogen) atoms. The van der Waals surface area contributed by atoms with Crippen LogP contribution in [0.1, 0.15) is 72.1 Å². The van der Waals surface area contributed by atoms with E-state index in [1.807, 2.05) is 39.0 Å². The predicted octanol–water partition coefficient (Wildman–Crippen LogP) is 7.51. The Morgan fingerprint density at radius 3 is 2.18 bits per heavy atom. The first-order valence-corrected chi connectivity index (χ1v) is 21.5. The van der Waals surface area contributed by atoms with Gasteiger partial charge in [-0.2, -0.15) is 0 Å². The van der Waals surface area contributed by atoms with Crippen LogP contribution in [-0.2, 0) is 18.6 Å². The molecule has 0 saturated heterocycles. The van der Waals surface area contributed by atoms with Gasteiger partial charge in [0.1, 0.15) is 18.0 Å². The average Bonchev–Trinajstić information content (AvgIpc) is 3.02. The Morgan fingerprint density at radius 2 is 1.57 bits per heavy atom. The molecule has 6 rings (SSSR count). The fourth-order valence-electron chi connectivity index (χ4n) is 8.72. The number of anilines is 1. The fourth-order valence-corrected chi connectivity index (χ4v) is 11.3. The van der Waals surface area contributed by atoms with Crippen molar-refractivity contribution in [1.82, 2.24) is 4.58 Å². The lowest BCUT2D eigenvalue weighted by Gasteiger charge is -2.45. The minimum absolute atomic E-state index is 0.138. The highest BCUT2D eigenvalue weighted by atomic mass is 35.7. The summed E-state index contributed by atoms with van der Waals surface area (Å²) in [5.74, 6) is -1.50. The topological polar surface area (TPSA) is 75.9 Å². The van der Waals surface area contributed by atoms with Gasteiger partial charge < -0.3 is 14.4 Å². The molecule has 4 aliphatic rings. The van der Waals surface area contributed by atoms with Gasteiger partial charge in [0.05, 0.1) is 57.0 Å². The van der Waals surface area contributed by atoms with Crippen LogP contribution in [0.2, 0.25) is 0 Å². The highest BCUT2D eigenvalue weighted by molar-refractivity contribution is 8.14. The third kappa shape index (κ3) is 6.62. The molecule has 1 saturated carbocycles. The number of benzene rings is 2. The van der Waals surface area contributed by atoms with E-state index in [2.05, 4.69) is 55.4 Å². The van der Waals surface area contributed by atoms with Crippen LogP contribution in [0.4, 0.5) is 5.69 Å². The van der Waals surface area contributed by atoms with E-state index >= 15 is 0 Å². The molecule has 3 heterocycles. The molecular formula is C38H44Cl5N2O5S+. The van der Waals surface area contributed by atoms with Crippen molar-refractivity contribution in [3.63, 3.8) is 0 Å². The fraction of sp³-hybridized carbons (Fsp3) is 0.526. The molecule has 6 atom stereocenters. The normalized spacial score (nSPS) is 27.7. The predicted molar refractivity (Wildman–Crippen MR) is 211 cm³/mol. The van der Waals surface area contributed by atoms with Gasteiger partial charge >= 0.3 is 5.97 Å².